The van der Waals surface area contributed by atoms with Crippen LogP contribution in [-0.2, 0) is 4.79 Å². The number of likely N-dealkylation sites (tertiary alicyclic amines) is 1. The second-order valence-corrected chi connectivity index (χ2v) is 3.42. The van der Waals surface area contributed by atoms with Gasteiger partial charge in [-0.2, -0.15) is 0 Å². The fourth-order valence-corrected chi connectivity index (χ4v) is 1.52. The van der Waals surface area contributed by atoms with Crippen LogP contribution in [0.1, 0.15) is 19.8 Å². The van der Waals surface area contributed by atoms with Crippen molar-refractivity contribution in [2.75, 3.05) is 26.2 Å². The van der Waals surface area contributed by atoms with Gasteiger partial charge in [0, 0.05) is 13.1 Å². The van der Waals surface area contributed by atoms with Crippen molar-refractivity contribution in [1.29, 1.82) is 0 Å². The maximum absolute atomic E-state index is 11.5. The van der Waals surface area contributed by atoms with Crippen LogP contribution in [0.2, 0.25) is 0 Å². The van der Waals surface area contributed by atoms with E-state index in [1.165, 1.54) is 0 Å². The number of aliphatic hydroxyl groups excluding tert-OH is 1. The number of hydrogen-bond acceptors (Lipinski definition) is 3. The summed E-state index contributed by atoms with van der Waals surface area (Å²) in [6.45, 7) is 4.47. The molecule has 0 aromatic carbocycles. The third-order valence-corrected chi connectivity index (χ3v) is 2.28. The summed E-state index contributed by atoms with van der Waals surface area (Å²) in [4.78, 5) is 13.2. The number of nitrogens with one attached hydrogen (secondary N) is 1. The first kappa shape index (κ1) is 10.5. The maximum atomic E-state index is 11.5. The number of aliphatic hydroxyl groups is 1. The zero-order valence-corrected chi connectivity index (χ0v) is 8.12. The first-order chi connectivity index (χ1) is 6.24. The van der Waals surface area contributed by atoms with Gasteiger partial charge in [-0.3, -0.25) is 4.79 Å². The molecule has 1 heterocycles. The molecule has 0 aromatic rings. The van der Waals surface area contributed by atoms with E-state index in [0.29, 0.717) is 13.1 Å². The van der Waals surface area contributed by atoms with Crippen molar-refractivity contribution in [3.63, 3.8) is 0 Å². The zero-order valence-electron chi connectivity index (χ0n) is 8.12. The zero-order chi connectivity index (χ0) is 9.68. The Morgan fingerprint density at radius 1 is 1.69 bits per heavy atom. The Kier molecular flexibility index (Phi) is 4.18. The van der Waals surface area contributed by atoms with Crippen LogP contribution in [0.25, 0.3) is 0 Å². The van der Waals surface area contributed by atoms with Crippen LogP contribution in [0, 0.1) is 0 Å². The van der Waals surface area contributed by atoms with Crippen LogP contribution < -0.4 is 5.32 Å². The number of nitrogens with zero attached hydrogens (tertiary/aromatic N) is 1. The Morgan fingerprint density at radius 3 is 3.08 bits per heavy atom. The third kappa shape index (κ3) is 3.32. The highest BCUT2D eigenvalue weighted by Crippen LogP contribution is 2.09. The molecule has 0 bridgehead atoms. The van der Waals surface area contributed by atoms with Gasteiger partial charge in [0.25, 0.3) is 0 Å². The molecule has 4 nitrogen and oxygen atoms in total. The molecule has 4 heteroatoms. The number of likely N-dealkylation sites (N-methyl/N-ethyl adjacent to an activating group) is 1. The van der Waals surface area contributed by atoms with Gasteiger partial charge in [0.1, 0.15) is 0 Å². The molecule has 2 N–H and O–H groups in total. The summed E-state index contributed by atoms with van der Waals surface area (Å²) in [6.07, 6.45) is 1.42. The van der Waals surface area contributed by atoms with Crippen LogP contribution in [-0.4, -0.2) is 48.2 Å². The normalized spacial score (nSPS) is 23.2. The van der Waals surface area contributed by atoms with E-state index in [2.05, 4.69) is 5.32 Å². The monoisotopic (exact) mass is 186 g/mol. The molecule has 1 atom stereocenters. The van der Waals surface area contributed by atoms with Gasteiger partial charge in [0.05, 0.1) is 12.6 Å². The minimum Gasteiger partial charge on any atom is -0.391 e. The Labute approximate surface area is 78.9 Å². The molecule has 1 unspecified atom stereocenters. The van der Waals surface area contributed by atoms with E-state index in [1.807, 2.05) is 6.92 Å². The van der Waals surface area contributed by atoms with Crippen molar-refractivity contribution in [2.45, 2.75) is 25.9 Å². The van der Waals surface area contributed by atoms with E-state index in [0.717, 1.165) is 25.9 Å². The summed E-state index contributed by atoms with van der Waals surface area (Å²) >= 11 is 0. The lowest BCUT2D eigenvalue weighted by Gasteiger charge is -2.30. The van der Waals surface area contributed by atoms with Gasteiger partial charge in [-0.05, 0) is 19.4 Å². The standard InChI is InChI=1S/C9H18N2O2/c1-2-10-6-9(13)11-5-3-4-8(12)7-11/h8,10,12H,2-7H2,1H3. The van der Waals surface area contributed by atoms with Gasteiger partial charge in [-0.15, -0.1) is 0 Å². The first-order valence-electron chi connectivity index (χ1n) is 4.90. The number of amides is 1. The molecule has 0 radical (unpaired) electrons. The Bertz CT molecular complexity index is 173. The number of hydrogen-bond donors (Lipinski definition) is 2. The molecule has 0 aliphatic carbocycles. The lowest BCUT2D eigenvalue weighted by Crippen LogP contribution is -2.45. The number of piperidine rings is 1. The first-order valence-corrected chi connectivity index (χ1v) is 4.90. The summed E-state index contributed by atoms with van der Waals surface area (Å²) in [5, 5.41) is 12.3. The van der Waals surface area contributed by atoms with Gasteiger partial charge in [-0.25, -0.2) is 0 Å². The molecule has 1 aliphatic heterocycles. The highest BCUT2D eigenvalue weighted by atomic mass is 16.3. The Hall–Kier alpha value is -0.610. The molecule has 1 saturated heterocycles. The van der Waals surface area contributed by atoms with Gasteiger partial charge in [0.2, 0.25) is 5.91 Å². The number of carbonyl (C=O) groups is 1. The molecular formula is C9H18N2O2. The predicted octanol–water partition coefficient (Wildman–Crippen LogP) is -0.421. The van der Waals surface area contributed by atoms with E-state index in [4.69, 9.17) is 0 Å². The Balaban J connectivity index is 2.28. The van der Waals surface area contributed by atoms with Gasteiger partial charge in [-0.1, -0.05) is 6.92 Å². The lowest BCUT2D eigenvalue weighted by atomic mass is 10.1. The van der Waals surface area contributed by atoms with Crippen LogP contribution in [0.4, 0.5) is 0 Å². The summed E-state index contributed by atoms with van der Waals surface area (Å²) in [7, 11) is 0. The van der Waals surface area contributed by atoms with Crippen molar-refractivity contribution in [2.24, 2.45) is 0 Å². The molecular weight excluding hydrogens is 168 g/mol. The second kappa shape index (κ2) is 5.19. The molecule has 1 amide bonds. The van der Waals surface area contributed by atoms with E-state index >= 15 is 0 Å². The lowest BCUT2D eigenvalue weighted by molar-refractivity contribution is -0.133. The quantitative estimate of drug-likeness (QED) is 0.629. The summed E-state index contributed by atoms with van der Waals surface area (Å²) in [6, 6.07) is 0. The highest BCUT2D eigenvalue weighted by Gasteiger charge is 2.21. The minimum absolute atomic E-state index is 0.0978. The number of carbonyl (C=O) groups excluding carboxylic acids is 1. The summed E-state index contributed by atoms with van der Waals surface area (Å²) < 4.78 is 0. The average Bonchev–Trinajstić information content (AvgIpc) is 2.14. The van der Waals surface area contributed by atoms with E-state index in [9.17, 15) is 9.90 Å². The molecule has 0 saturated carbocycles. The topological polar surface area (TPSA) is 52.6 Å². The predicted molar refractivity (Wildman–Crippen MR) is 50.4 cm³/mol. The van der Waals surface area contributed by atoms with Crippen molar-refractivity contribution >= 4 is 5.91 Å². The van der Waals surface area contributed by atoms with Crippen molar-refractivity contribution < 1.29 is 9.90 Å². The molecule has 13 heavy (non-hydrogen) atoms. The van der Waals surface area contributed by atoms with Gasteiger partial charge in [0.15, 0.2) is 0 Å². The van der Waals surface area contributed by atoms with E-state index < -0.39 is 0 Å². The molecule has 0 spiro atoms. The van der Waals surface area contributed by atoms with Gasteiger partial charge < -0.3 is 15.3 Å². The molecule has 1 rings (SSSR count). The number of β-amino-alcohol motifs (C(OH)–C–C–N with tert-alkyl or cyclic N) is 1. The molecule has 0 aromatic heterocycles. The minimum atomic E-state index is -0.320. The molecule has 1 aliphatic rings. The fraction of sp³-hybridized carbons (Fsp3) is 0.889. The van der Waals surface area contributed by atoms with E-state index in [-0.39, 0.29) is 12.0 Å². The summed E-state index contributed by atoms with van der Waals surface area (Å²) in [5.74, 6) is 0.0978. The SMILES string of the molecule is CCNCC(=O)N1CCCC(O)C1. The largest absolute Gasteiger partial charge is 0.391 e. The highest BCUT2D eigenvalue weighted by molar-refractivity contribution is 5.78. The number of rotatable bonds is 3. The smallest absolute Gasteiger partial charge is 0.236 e. The van der Waals surface area contributed by atoms with Crippen LogP contribution in [0.5, 0.6) is 0 Å². The fourth-order valence-electron chi connectivity index (χ4n) is 1.52. The van der Waals surface area contributed by atoms with Gasteiger partial charge >= 0.3 is 0 Å². The molecule has 1 fully saturated rings. The third-order valence-electron chi connectivity index (χ3n) is 2.28. The van der Waals surface area contributed by atoms with Crippen molar-refractivity contribution in [3.8, 4) is 0 Å². The van der Waals surface area contributed by atoms with Crippen LogP contribution in [0.15, 0.2) is 0 Å². The van der Waals surface area contributed by atoms with Crippen molar-refractivity contribution in [1.82, 2.24) is 10.2 Å². The van der Waals surface area contributed by atoms with Crippen molar-refractivity contribution in [3.05, 3.63) is 0 Å². The molecule has 76 valence electrons. The van der Waals surface area contributed by atoms with E-state index in [1.54, 1.807) is 4.90 Å². The van der Waals surface area contributed by atoms with Crippen LogP contribution in [0.3, 0.4) is 0 Å². The van der Waals surface area contributed by atoms with Crippen LogP contribution >= 0.6 is 0 Å². The second-order valence-electron chi connectivity index (χ2n) is 3.42. The Morgan fingerprint density at radius 2 is 2.46 bits per heavy atom. The maximum Gasteiger partial charge on any atom is 0.236 e. The summed E-state index contributed by atoms with van der Waals surface area (Å²) in [5.41, 5.74) is 0. The average molecular weight is 186 g/mol.